The maximum atomic E-state index is 12.8. The Morgan fingerprint density at radius 2 is 1.95 bits per heavy atom. The molecular weight excluding hydrogens is 299 g/mol. The number of hydrogen-bond acceptors (Lipinski definition) is 3. The molecule has 1 aromatic carbocycles. The number of alkyl halides is 5. The van der Waals surface area contributed by atoms with Crippen LogP contribution in [0.1, 0.15) is 12.8 Å². The van der Waals surface area contributed by atoms with Gasteiger partial charge in [-0.25, -0.2) is 4.98 Å². The molecule has 0 aliphatic carbocycles. The van der Waals surface area contributed by atoms with Crippen LogP contribution in [-0.4, -0.2) is 23.0 Å². The molecule has 21 heavy (non-hydrogen) atoms. The predicted molar refractivity (Wildman–Crippen MR) is 63.0 cm³/mol. The molecule has 2 aromatic rings. The lowest BCUT2D eigenvalue weighted by molar-refractivity contribution is -0.267. The average molecular weight is 308 g/mol. The van der Waals surface area contributed by atoms with E-state index in [2.05, 4.69) is 4.98 Å². The number of nitrogens with one attached hydrogen (secondary N) is 1. The molecule has 0 bridgehead atoms. The molecule has 0 saturated heterocycles. The molecule has 0 radical (unpaired) electrons. The Morgan fingerprint density at radius 1 is 1.29 bits per heavy atom. The van der Waals surface area contributed by atoms with Gasteiger partial charge in [0.25, 0.3) is 0 Å². The van der Waals surface area contributed by atoms with Crippen molar-refractivity contribution in [3.05, 3.63) is 24.1 Å². The van der Waals surface area contributed by atoms with E-state index < -0.39 is 18.0 Å². The van der Waals surface area contributed by atoms with Gasteiger partial charge in [-0.05, 0) is 18.2 Å². The zero-order chi connectivity index (χ0) is 15.8. The van der Waals surface area contributed by atoms with E-state index in [1.807, 2.05) is 0 Å². The summed E-state index contributed by atoms with van der Waals surface area (Å²) >= 11 is 0. The normalized spacial score (nSPS) is 12.7. The first-order chi connectivity index (χ1) is 9.65. The highest BCUT2D eigenvalue weighted by Gasteiger charge is 2.63. The fourth-order valence-electron chi connectivity index (χ4n) is 1.54. The molecule has 1 heterocycles. The summed E-state index contributed by atoms with van der Waals surface area (Å²) < 4.78 is 67.0. The van der Waals surface area contributed by atoms with Crippen LogP contribution in [0.15, 0.2) is 22.6 Å². The van der Waals surface area contributed by atoms with Crippen molar-refractivity contribution < 1.29 is 31.2 Å². The third-order valence-electron chi connectivity index (χ3n) is 2.63. The van der Waals surface area contributed by atoms with Crippen molar-refractivity contribution >= 4 is 22.7 Å². The van der Waals surface area contributed by atoms with Crippen molar-refractivity contribution in [3.8, 4) is 0 Å². The van der Waals surface area contributed by atoms with Gasteiger partial charge in [0.1, 0.15) is 5.52 Å². The standard InChI is InChI=1S/C12H9F5N2O2/c1-2-9-19-7-5-6(3-4-8(7)21-9)18-10(20)11(13,14)12(15,16)17/h3-5H,2H2,1H3,(H,18,20). The van der Waals surface area contributed by atoms with Crippen LogP contribution in [0, 0.1) is 0 Å². The number of hydrogen-bond donors (Lipinski definition) is 1. The van der Waals surface area contributed by atoms with E-state index in [1.54, 1.807) is 6.92 Å². The lowest BCUT2D eigenvalue weighted by Crippen LogP contribution is -2.47. The van der Waals surface area contributed by atoms with Crippen LogP contribution in [0.3, 0.4) is 0 Å². The van der Waals surface area contributed by atoms with Gasteiger partial charge in [0.05, 0.1) is 0 Å². The number of aromatic nitrogens is 1. The highest BCUT2D eigenvalue weighted by molar-refractivity contribution is 5.97. The second kappa shape index (κ2) is 4.97. The van der Waals surface area contributed by atoms with Gasteiger partial charge in [-0.3, -0.25) is 4.79 Å². The summed E-state index contributed by atoms with van der Waals surface area (Å²) in [6.07, 6.45) is -5.47. The van der Waals surface area contributed by atoms with E-state index in [1.165, 1.54) is 11.4 Å². The summed E-state index contributed by atoms with van der Waals surface area (Å²) in [6, 6.07) is 3.63. The van der Waals surface area contributed by atoms with Crippen LogP contribution >= 0.6 is 0 Å². The number of halogens is 5. The van der Waals surface area contributed by atoms with E-state index in [0.717, 1.165) is 12.1 Å². The quantitative estimate of drug-likeness (QED) is 0.883. The molecule has 0 unspecified atom stereocenters. The molecule has 1 N–H and O–H groups in total. The second-order valence-electron chi connectivity index (χ2n) is 4.17. The maximum Gasteiger partial charge on any atom is 0.463 e. The second-order valence-corrected chi connectivity index (χ2v) is 4.17. The number of fused-ring (bicyclic) bond motifs is 1. The summed E-state index contributed by atoms with van der Waals surface area (Å²) in [6.45, 7) is 1.78. The number of amides is 1. The van der Waals surface area contributed by atoms with Crippen molar-refractivity contribution in [1.29, 1.82) is 0 Å². The molecule has 0 spiro atoms. The van der Waals surface area contributed by atoms with Crippen LogP contribution in [0.25, 0.3) is 11.1 Å². The maximum absolute atomic E-state index is 12.8. The van der Waals surface area contributed by atoms with Gasteiger partial charge >= 0.3 is 18.0 Å². The largest absolute Gasteiger partial charge is 0.463 e. The van der Waals surface area contributed by atoms with Crippen LogP contribution in [0.5, 0.6) is 0 Å². The topological polar surface area (TPSA) is 55.1 Å². The molecule has 114 valence electrons. The Hall–Kier alpha value is -2.19. The molecule has 1 aromatic heterocycles. The highest BCUT2D eigenvalue weighted by atomic mass is 19.4. The van der Waals surface area contributed by atoms with Crippen molar-refractivity contribution in [2.75, 3.05) is 5.32 Å². The molecule has 0 aliphatic rings. The van der Waals surface area contributed by atoms with E-state index in [9.17, 15) is 26.7 Å². The van der Waals surface area contributed by atoms with Gasteiger partial charge in [0.2, 0.25) is 0 Å². The Labute approximate surface area is 114 Å². The van der Waals surface area contributed by atoms with Gasteiger partial charge in [0, 0.05) is 12.1 Å². The number of aryl methyl sites for hydroxylation is 1. The third-order valence-corrected chi connectivity index (χ3v) is 2.63. The van der Waals surface area contributed by atoms with Crippen molar-refractivity contribution in [1.82, 2.24) is 4.98 Å². The van der Waals surface area contributed by atoms with Gasteiger partial charge in [-0.1, -0.05) is 6.92 Å². The SMILES string of the molecule is CCc1nc2cc(NC(=O)C(F)(F)C(F)(F)F)ccc2o1. The molecule has 0 saturated carbocycles. The van der Waals surface area contributed by atoms with Gasteiger partial charge in [0.15, 0.2) is 11.5 Å². The third kappa shape index (κ3) is 2.81. The summed E-state index contributed by atoms with van der Waals surface area (Å²) in [7, 11) is 0. The number of nitrogens with zero attached hydrogens (tertiary/aromatic N) is 1. The van der Waals surface area contributed by atoms with Gasteiger partial charge < -0.3 is 9.73 Å². The molecule has 1 amide bonds. The number of carbonyl (C=O) groups excluding carboxylic acids is 1. The van der Waals surface area contributed by atoms with Crippen molar-refractivity contribution in [3.63, 3.8) is 0 Å². The summed E-state index contributed by atoms with van der Waals surface area (Å²) in [4.78, 5) is 15.0. The zero-order valence-electron chi connectivity index (χ0n) is 10.6. The monoisotopic (exact) mass is 308 g/mol. The minimum Gasteiger partial charge on any atom is -0.441 e. The molecule has 0 aliphatic heterocycles. The number of benzene rings is 1. The summed E-state index contributed by atoms with van der Waals surface area (Å²) in [5.41, 5.74) is 0.361. The molecular formula is C12H9F5N2O2. The Balaban J connectivity index is 2.25. The molecule has 0 atom stereocenters. The van der Waals surface area contributed by atoms with Gasteiger partial charge in [-0.2, -0.15) is 22.0 Å². The fraction of sp³-hybridized carbons (Fsp3) is 0.333. The number of carbonyl (C=O) groups is 1. The summed E-state index contributed by atoms with van der Waals surface area (Å²) in [5.74, 6) is -7.54. The first kappa shape index (κ1) is 15.2. The van der Waals surface area contributed by atoms with Crippen LogP contribution in [0.4, 0.5) is 27.6 Å². The van der Waals surface area contributed by atoms with Crippen LogP contribution < -0.4 is 5.32 Å². The lowest BCUT2D eigenvalue weighted by atomic mass is 10.2. The van der Waals surface area contributed by atoms with Crippen molar-refractivity contribution in [2.24, 2.45) is 0 Å². The molecule has 4 nitrogen and oxygen atoms in total. The first-order valence-corrected chi connectivity index (χ1v) is 5.80. The average Bonchev–Trinajstić information content (AvgIpc) is 2.79. The Morgan fingerprint density at radius 3 is 2.52 bits per heavy atom. The van der Waals surface area contributed by atoms with Crippen LogP contribution in [0.2, 0.25) is 0 Å². The highest BCUT2D eigenvalue weighted by Crippen LogP contribution is 2.36. The predicted octanol–water partition coefficient (Wildman–Crippen LogP) is 3.53. The Kier molecular flexibility index (Phi) is 3.60. The number of rotatable bonds is 3. The number of anilines is 1. The van der Waals surface area contributed by atoms with Crippen LogP contribution in [-0.2, 0) is 11.2 Å². The first-order valence-electron chi connectivity index (χ1n) is 5.80. The molecule has 0 fully saturated rings. The Bertz CT molecular complexity index is 678. The minimum absolute atomic E-state index is 0.229. The molecule has 2 rings (SSSR count). The van der Waals surface area contributed by atoms with Crippen molar-refractivity contribution in [2.45, 2.75) is 25.4 Å². The molecule has 9 heteroatoms. The van der Waals surface area contributed by atoms with E-state index in [4.69, 9.17) is 4.42 Å². The smallest absolute Gasteiger partial charge is 0.441 e. The summed E-state index contributed by atoms with van der Waals surface area (Å²) in [5, 5.41) is 1.52. The fourth-order valence-corrected chi connectivity index (χ4v) is 1.54. The zero-order valence-corrected chi connectivity index (χ0v) is 10.6. The van der Waals surface area contributed by atoms with E-state index >= 15 is 0 Å². The van der Waals surface area contributed by atoms with E-state index in [0.29, 0.717) is 17.9 Å². The lowest BCUT2D eigenvalue weighted by Gasteiger charge is -2.18. The number of oxazole rings is 1. The van der Waals surface area contributed by atoms with E-state index in [-0.39, 0.29) is 11.2 Å². The van der Waals surface area contributed by atoms with Gasteiger partial charge in [-0.15, -0.1) is 0 Å². The minimum atomic E-state index is -5.95.